The van der Waals surface area contributed by atoms with E-state index in [0.29, 0.717) is 16.8 Å². The number of carbonyl (C=O) groups excluding carboxylic acids is 2. The van der Waals surface area contributed by atoms with Gasteiger partial charge in [0.2, 0.25) is 0 Å². The maximum absolute atomic E-state index is 13.5. The molecule has 4 nitrogen and oxygen atoms in total. The lowest BCUT2D eigenvalue weighted by atomic mass is 10.1. The van der Waals surface area contributed by atoms with E-state index in [1.807, 2.05) is 0 Å². The van der Waals surface area contributed by atoms with Gasteiger partial charge in [0.1, 0.15) is 5.82 Å². The largest absolute Gasteiger partial charge is 0.355 e. The van der Waals surface area contributed by atoms with Crippen LogP contribution in [0, 0.1) is 12.7 Å². The molecule has 2 rings (SSSR count). The van der Waals surface area contributed by atoms with Gasteiger partial charge in [-0.3, -0.25) is 9.59 Å². The third kappa shape index (κ3) is 3.81. The molecule has 0 aliphatic heterocycles. The molecule has 0 bridgehead atoms. The lowest BCUT2D eigenvalue weighted by Crippen LogP contribution is -2.18. The first-order chi connectivity index (χ1) is 10.8. The van der Waals surface area contributed by atoms with Crippen molar-refractivity contribution < 1.29 is 14.0 Å². The summed E-state index contributed by atoms with van der Waals surface area (Å²) in [5.74, 6) is -1.52. The van der Waals surface area contributed by atoms with Crippen molar-refractivity contribution in [2.24, 2.45) is 0 Å². The maximum Gasteiger partial charge on any atom is 0.257 e. The number of halogens is 3. The van der Waals surface area contributed by atoms with Crippen molar-refractivity contribution in [2.45, 2.75) is 6.92 Å². The molecule has 0 atom stereocenters. The summed E-state index contributed by atoms with van der Waals surface area (Å²) < 4.78 is 13.5. The Bertz CT molecular complexity index is 794. The van der Waals surface area contributed by atoms with Crippen LogP contribution in [0.5, 0.6) is 0 Å². The first kappa shape index (κ1) is 17.2. The fourth-order valence-electron chi connectivity index (χ4n) is 1.98. The number of amides is 2. The Morgan fingerprint density at radius 1 is 1.04 bits per heavy atom. The van der Waals surface area contributed by atoms with Gasteiger partial charge in [0.05, 0.1) is 15.6 Å². The first-order valence-electron chi connectivity index (χ1n) is 6.62. The van der Waals surface area contributed by atoms with E-state index < -0.39 is 11.7 Å². The molecule has 2 amide bonds. The van der Waals surface area contributed by atoms with Gasteiger partial charge in [0, 0.05) is 18.3 Å². The van der Waals surface area contributed by atoms with Gasteiger partial charge in [0.15, 0.2) is 0 Å². The second kappa shape index (κ2) is 6.98. The summed E-state index contributed by atoms with van der Waals surface area (Å²) in [6.07, 6.45) is 0. The molecular formula is C16H13Cl2FN2O2. The van der Waals surface area contributed by atoms with E-state index in [-0.39, 0.29) is 21.5 Å². The molecule has 2 N–H and O–H groups in total. The van der Waals surface area contributed by atoms with Crippen LogP contribution in [0.1, 0.15) is 26.3 Å². The van der Waals surface area contributed by atoms with Crippen molar-refractivity contribution in [2.75, 3.05) is 12.4 Å². The highest BCUT2D eigenvalue weighted by Gasteiger charge is 2.15. The van der Waals surface area contributed by atoms with Crippen molar-refractivity contribution in [3.8, 4) is 0 Å². The van der Waals surface area contributed by atoms with Gasteiger partial charge in [-0.2, -0.15) is 0 Å². The number of hydrogen-bond donors (Lipinski definition) is 2. The molecule has 0 spiro atoms. The highest BCUT2D eigenvalue weighted by Crippen LogP contribution is 2.26. The van der Waals surface area contributed by atoms with Crippen molar-refractivity contribution in [3.05, 3.63) is 62.9 Å². The summed E-state index contributed by atoms with van der Waals surface area (Å²) in [6.45, 7) is 1.74. The molecule has 0 radical (unpaired) electrons. The third-order valence-electron chi connectivity index (χ3n) is 3.22. The number of hydrogen-bond acceptors (Lipinski definition) is 2. The molecule has 0 unspecified atom stereocenters. The molecule has 0 heterocycles. The highest BCUT2D eigenvalue weighted by atomic mass is 35.5. The second-order valence-corrected chi connectivity index (χ2v) is 5.62. The van der Waals surface area contributed by atoms with Gasteiger partial charge in [0.25, 0.3) is 11.8 Å². The van der Waals surface area contributed by atoms with Crippen LogP contribution >= 0.6 is 23.2 Å². The van der Waals surface area contributed by atoms with E-state index in [4.69, 9.17) is 23.2 Å². The third-order valence-corrected chi connectivity index (χ3v) is 3.82. The smallest absolute Gasteiger partial charge is 0.257 e. The molecule has 0 saturated carbocycles. The van der Waals surface area contributed by atoms with Gasteiger partial charge in [-0.1, -0.05) is 23.2 Å². The molecule has 0 aliphatic carbocycles. The van der Waals surface area contributed by atoms with Crippen LogP contribution in [0.4, 0.5) is 10.1 Å². The molecule has 120 valence electrons. The zero-order valence-corrected chi connectivity index (χ0v) is 13.8. The Morgan fingerprint density at radius 3 is 2.35 bits per heavy atom. The second-order valence-electron chi connectivity index (χ2n) is 4.81. The molecule has 2 aromatic rings. The van der Waals surface area contributed by atoms with E-state index in [9.17, 15) is 14.0 Å². The van der Waals surface area contributed by atoms with Crippen molar-refractivity contribution in [1.82, 2.24) is 5.32 Å². The van der Waals surface area contributed by atoms with Gasteiger partial charge < -0.3 is 10.6 Å². The first-order valence-corrected chi connectivity index (χ1v) is 7.37. The molecule has 2 aromatic carbocycles. The summed E-state index contributed by atoms with van der Waals surface area (Å²) in [6, 6.07) is 6.96. The zero-order valence-electron chi connectivity index (χ0n) is 12.3. The Kier molecular flexibility index (Phi) is 5.23. The van der Waals surface area contributed by atoms with Crippen molar-refractivity contribution in [1.29, 1.82) is 0 Å². The van der Waals surface area contributed by atoms with Gasteiger partial charge in [-0.25, -0.2) is 4.39 Å². The van der Waals surface area contributed by atoms with Crippen LogP contribution in [-0.2, 0) is 0 Å². The normalized spacial score (nSPS) is 10.3. The molecule has 0 aliphatic rings. The number of nitrogens with one attached hydrogen (secondary N) is 2. The minimum Gasteiger partial charge on any atom is -0.355 e. The number of rotatable bonds is 3. The van der Waals surface area contributed by atoms with E-state index in [2.05, 4.69) is 10.6 Å². The fourth-order valence-corrected chi connectivity index (χ4v) is 2.44. The molecular weight excluding hydrogens is 342 g/mol. The van der Waals surface area contributed by atoms with Crippen LogP contribution < -0.4 is 10.6 Å². The highest BCUT2D eigenvalue weighted by molar-refractivity contribution is 6.37. The standard InChI is InChI=1S/C16H13Cl2FN2O2/c1-8-5-9(15(22)20-2)3-4-14(8)21-16(23)10-6-13(19)12(18)7-11(10)17/h3-7H,1-2H3,(H,20,22)(H,21,23). The van der Waals surface area contributed by atoms with E-state index in [1.54, 1.807) is 25.1 Å². The average Bonchev–Trinajstić information content (AvgIpc) is 2.51. The number of carbonyl (C=O) groups is 2. The zero-order chi connectivity index (χ0) is 17.1. The molecule has 0 saturated heterocycles. The van der Waals surface area contributed by atoms with E-state index in [0.717, 1.165) is 6.07 Å². The Hall–Kier alpha value is -2.11. The minimum atomic E-state index is -0.729. The Labute approximate surface area is 142 Å². The molecule has 0 fully saturated rings. The molecule has 23 heavy (non-hydrogen) atoms. The SMILES string of the molecule is CNC(=O)c1ccc(NC(=O)c2cc(F)c(Cl)cc2Cl)c(C)c1. The van der Waals surface area contributed by atoms with Crippen molar-refractivity contribution >= 4 is 40.7 Å². The predicted molar refractivity (Wildman–Crippen MR) is 88.9 cm³/mol. The van der Waals surface area contributed by atoms with E-state index >= 15 is 0 Å². The van der Waals surface area contributed by atoms with Gasteiger partial charge in [-0.15, -0.1) is 0 Å². The Balaban J connectivity index is 2.27. The van der Waals surface area contributed by atoms with Crippen LogP contribution in [0.15, 0.2) is 30.3 Å². The summed E-state index contributed by atoms with van der Waals surface area (Å²) >= 11 is 11.5. The fraction of sp³-hybridized carbons (Fsp3) is 0.125. The minimum absolute atomic E-state index is 0.0247. The average molecular weight is 355 g/mol. The summed E-state index contributed by atoms with van der Waals surface area (Å²) in [5, 5.41) is 5.04. The molecule has 0 aromatic heterocycles. The molecule has 7 heteroatoms. The van der Waals surface area contributed by atoms with E-state index in [1.165, 1.54) is 13.1 Å². The summed E-state index contributed by atoms with van der Waals surface area (Å²) in [4.78, 5) is 23.8. The van der Waals surface area contributed by atoms with Gasteiger partial charge in [-0.05, 0) is 42.8 Å². The lowest BCUT2D eigenvalue weighted by Gasteiger charge is -2.11. The topological polar surface area (TPSA) is 58.2 Å². The maximum atomic E-state index is 13.5. The van der Waals surface area contributed by atoms with Crippen LogP contribution in [0.3, 0.4) is 0 Å². The predicted octanol–water partition coefficient (Wildman–Crippen LogP) is 4.05. The van der Waals surface area contributed by atoms with Crippen molar-refractivity contribution in [3.63, 3.8) is 0 Å². The van der Waals surface area contributed by atoms with Crippen LogP contribution in [0.2, 0.25) is 10.0 Å². The number of anilines is 1. The van der Waals surface area contributed by atoms with Gasteiger partial charge >= 0.3 is 0 Å². The quantitative estimate of drug-likeness (QED) is 0.816. The monoisotopic (exact) mass is 354 g/mol. The van der Waals surface area contributed by atoms with Crippen LogP contribution in [0.25, 0.3) is 0 Å². The number of benzene rings is 2. The van der Waals surface area contributed by atoms with Crippen LogP contribution in [-0.4, -0.2) is 18.9 Å². The summed E-state index contributed by atoms with van der Waals surface area (Å²) in [5.41, 5.74) is 1.63. The summed E-state index contributed by atoms with van der Waals surface area (Å²) in [7, 11) is 1.53. The number of aryl methyl sites for hydroxylation is 1. The lowest BCUT2D eigenvalue weighted by molar-refractivity contribution is 0.0962. The Morgan fingerprint density at radius 2 is 1.74 bits per heavy atom.